The molecule has 0 rings (SSSR count). The number of rotatable bonds is 10. The number of nitrogens with one attached hydrogen (secondary N) is 1. The van der Waals surface area contributed by atoms with Gasteiger partial charge in [0.15, 0.2) is 16.1 Å². The predicted octanol–water partition coefficient (Wildman–Crippen LogP) is 0.370. The monoisotopic (exact) mass is 235 g/mol. The Kier molecular flexibility index (Phi) is 10.6. The molecule has 15 heavy (non-hydrogen) atoms. The van der Waals surface area contributed by atoms with Crippen LogP contribution in [0, 0.1) is 5.92 Å². The van der Waals surface area contributed by atoms with Gasteiger partial charge in [-0.3, -0.25) is 0 Å². The zero-order valence-electron chi connectivity index (χ0n) is 10.4. The van der Waals surface area contributed by atoms with E-state index in [0.29, 0.717) is 12.5 Å². The van der Waals surface area contributed by atoms with E-state index in [2.05, 4.69) is 19.2 Å². The number of hydrogen-bond donors (Lipinski definition) is 1. The Morgan fingerprint density at radius 1 is 1.27 bits per heavy atom. The van der Waals surface area contributed by atoms with E-state index in [0.717, 1.165) is 13.1 Å². The highest BCUT2D eigenvalue weighted by molar-refractivity contribution is 6.27. The third kappa shape index (κ3) is 9.01. The lowest BCUT2D eigenvalue weighted by atomic mass is 10.2. The summed E-state index contributed by atoms with van der Waals surface area (Å²) in [7, 11) is 2.84. The molecular weight excluding hydrogens is 210 g/mol. The summed E-state index contributed by atoms with van der Waals surface area (Å²) >= 11 is 0. The van der Waals surface area contributed by atoms with Crippen molar-refractivity contribution in [2.24, 2.45) is 5.92 Å². The molecule has 0 radical (unpaired) electrons. The summed E-state index contributed by atoms with van der Waals surface area (Å²) in [5.41, 5.74) is 0. The molecule has 5 heteroatoms. The first-order valence-electron chi connectivity index (χ1n) is 5.58. The van der Waals surface area contributed by atoms with Crippen LogP contribution in [-0.4, -0.2) is 50.0 Å². The molecule has 0 saturated heterocycles. The third-order valence-electron chi connectivity index (χ3n) is 2.28. The number of methoxy groups -OCH3 is 2. The second-order valence-electron chi connectivity index (χ2n) is 3.68. The molecule has 0 spiro atoms. The summed E-state index contributed by atoms with van der Waals surface area (Å²) in [6.45, 7) is 7.08. The van der Waals surface area contributed by atoms with Crippen LogP contribution in [0.25, 0.3) is 0 Å². The number of ether oxygens (including phenoxy) is 2. The second-order valence-corrected chi connectivity index (χ2v) is 5.07. The molecule has 0 aromatic heterocycles. The van der Waals surface area contributed by atoms with Gasteiger partial charge in [-0.15, -0.1) is 0 Å². The topological polar surface area (TPSA) is 39.7 Å². The van der Waals surface area contributed by atoms with E-state index >= 15 is 0 Å². The van der Waals surface area contributed by atoms with Crippen molar-refractivity contribution in [3.63, 3.8) is 0 Å². The van der Waals surface area contributed by atoms with Gasteiger partial charge in [0.05, 0.1) is 6.61 Å². The van der Waals surface area contributed by atoms with Crippen molar-refractivity contribution in [3.8, 4) is 0 Å². The summed E-state index contributed by atoms with van der Waals surface area (Å²) in [6, 6.07) is 1.20. The van der Waals surface area contributed by atoms with Gasteiger partial charge in [0.2, 0.25) is 0 Å². The molecule has 0 bridgehead atoms. The highest BCUT2D eigenvalue weighted by Crippen LogP contribution is 2.01. The van der Waals surface area contributed by atoms with Crippen LogP contribution in [0.1, 0.15) is 13.8 Å². The fraction of sp³-hybridized carbons (Fsp3) is 1.00. The molecule has 0 aliphatic carbocycles. The molecule has 4 nitrogen and oxygen atoms in total. The molecule has 0 saturated carbocycles. The summed E-state index contributed by atoms with van der Waals surface area (Å²) in [4.78, 5) is 0. The van der Waals surface area contributed by atoms with Crippen LogP contribution >= 0.6 is 0 Å². The molecule has 1 unspecified atom stereocenters. The fourth-order valence-electron chi connectivity index (χ4n) is 1.19. The van der Waals surface area contributed by atoms with E-state index < -0.39 is 9.76 Å². The lowest BCUT2D eigenvalue weighted by Crippen LogP contribution is -2.24. The average Bonchev–Trinajstić information content (AvgIpc) is 2.26. The van der Waals surface area contributed by atoms with E-state index in [1.165, 1.54) is 6.04 Å². The molecule has 0 aromatic rings. The molecule has 0 heterocycles. The second kappa shape index (κ2) is 10.6. The van der Waals surface area contributed by atoms with Crippen molar-refractivity contribution < 1.29 is 13.9 Å². The van der Waals surface area contributed by atoms with Crippen molar-refractivity contribution in [1.82, 2.24) is 5.32 Å². The average molecular weight is 235 g/mol. The van der Waals surface area contributed by atoms with Gasteiger partial charge in [0.25, 0.3) is 0 Å². The van der Waals surface area contributed by atoms with Crippen molar-refractivity contribution in [1.29, 1.82) is 0 Å². The van der Waals surface area contributed by atoms with Gasteiger partial charge in [-0.1, -0.05) is 13.8 Å². The summed E-state index contributed by atoms with van der Waals surface area (Å²) < 4.78 is 15.7. The maximum atomic E-state index is 5.59. The molecule has 0 fully saturated rings. The first-order valence-corrected chi connectivity index (χ1v) is 7.16. The SMILES string of the molecule is CCNCC(C)C[SiH2]OCC(OC)OC. The Balaban J connectivity index is 3.29. The molecule has 0 aromatic carbocycles. The first-order chi connectivity index (χ1) is 7.24. The minimum atomic E-state index is -0.426. The van der Waals surface area contributed by atoms with Gasteiger partial charge in [0.1, 0.15) is 0 Å². The van der Waals surface area contributed by atoms with E-state index in [4.69, 9.17) is 13.9 Å². The Bertz CT molecular complexity index is 134. The Morgan fingerprint density at radius 3 is 2.47 bits per heavy atom. The van der Waals surface area contributed by atoms with Gasteiger partial charge in [-0.25, -0.2) is 0 Å². The Morgan fingerprint density at radius 2 is 1.93 bits per heavy atom. The van der Waals surface area contributed by atoms with Crippen LogP contribution in [0.2, 0.25) is 6.04 Å². The van der Waals surface area contributed by atoms with Gasteiger partial charge in [0, 0.05) is 14.2 Å². The maximum absolute atomic E-state index is 5.59. The number of hydrogen-bond acceptors (Lipinski definition) is 4. The Labute approximate surface area is 95.6 Å². The minimum Gasteiger partial charge on any atom is -0.419 e. The molecule has 0 aliphatic heterocycles. The van der Waals surface area contributed by atoms with Crippen LogP contribution < -0.4 is 5.32 Å². The predicted molar refractivity (Wildman–Crippen MR) is 64.8 cm³/mol. The van der Waals surface area contributed by atoms with Crippen LogP contribution in [0.15, 0.2) is 0 Å². The zero-order valence-corrected chi connectivity index (χ0v) is 11.8. The normalized spacial score (nSPS) is 14.2. The van der Waals surface area contributed by atoms with Gasteiger partial charge in [-0.05, 0) is 25.1 Å². The first kappa shape index (κ1) is 15.1. The standard InChI is InChI=1S/C10H25NO3Si/c1-5-11-6-9(2)8-15-14-7-10(12-3)13-4/h9-11H,5-8,15H2,1-4H3. The molecule has 92 valence electrons. The highest BCUT2D eigenvalue weighted by Gasteiger charge is 2.06. The van der Waals surface area contributed by atoms with E-state index in [-0.39, 0.29) is 6.29 Å². The van der Waals surface area contributed by atoms with Crippen LogP contribution in [-0.2, 0) is 13.9 Å². The molecule has 1 atom stereocenters. The van der Waals surface area contributed by atoms with E-state index in [9.17, 15) is 0 Å². The minimum absolute atomic E-state index is 0.207. The molecule has 0 aliphatic rings. The van der Waals surface area contributed by atoms with Gasteiger partial charge >= 0.3 is 0 Å². The smallest absolute Gasteiger partial charge is 0.178 e. The Hall–Kier alpha value is 0.0569. The zero-order chi connectivity index (χ0) is 11.5. The fourth-order valence-corrected chi connectivity index (χ4v) is 2.32. The van der Waals surface area contributed by atoms with Crippen molar-refractivity contribution >= 4 is 9.76 Å². The largest absolute Gasteiger partial charge is 0.419 e. The van der Waals surface area contributed by atoms with Crippen LogP contribution in [0.4, 0.5) is 0 Å². The van der Waals surface area contributed by atoms with Gasteiger partial charge in [-0.2, -0.15) is 0 Å². The maximum Gasteiger partial charge on any atom is 0.178 e. The lowest BCUT2D eigenvalue weighted by Gasteiger charge is -2.15. The lowest BCUT2D eigenvalue weighted by molar-refractivity contribution is -0.122. The molecule has 0 amide bonds. The third-order valence-corrected chi connectivity index (χ3v) is 4.02. The van der Waals surface area contributed by atoms with E-state index in [1.807, 2.05) is 0 Å². The quantitative estimate of drug-likeness (QED) is 0.337. The van der Waals surface area contributed by atoms with Crippen LogP contribution in [0.5, 0.6) is 0 Å². The van der Waals surface area contributed by atoms with Crippen LogP contribution in [0.3, 0.4) is 0 Å². The summed E-state index contributed by atoms with van der Waals surface area (Å²) in [6.07, 6.45) is -0.207. The van der Waals surface area contributed by atoms with Crippen molar-refractivity contribution in [3.05, 3.63) is 0 Å². The summed E-state index contributed by atoms with van der Waals surface area (Å²) in [5.74, 6) is 0.708. The summed E-state index contributed by atoms with van der Waals surface area (Å²) in [5, 5.41) is 3.34. The van der Waals surface area contributed by atoms with Crippen molar-refractivity contribution in [2.75, 3.05) is 33.9 Å². The van der Waals surface area contributed by atoms with E-state index in [1.54, 1.807) is 14.2 Å². The molecular formula is C10H25NO3Si. The highest BCUT2D eigenvalue weighted by atomic mass is 28.2. The molecule has 1 N–H and O–H groups in total. The van der Waals surface area contributed by atoms with Crippen molar-refractivity contribution in [2.45, 2.75) is 26.2 Å². The van der Waals surface area contributed by atoms with Gasteiger partial charge < -0.3 is 19.2 Å².